The molecule has 14 heavy (non-hydrogen) atoms. The second kappa shape index (κ2) is 3.59. The molecule has 72 valence electrons. The summed E-state index contributed by atoms with van der Waals surface area (Å²) in [5, 5.41) is 8.74. The molecule has 1 N–H and O–H groups in total. The van der Waals surface area contributed by atoms with E-state index in [1.54, 1.807) is 18.3 Å². The van der Waals surface area contributed by atoms with Gasteiger partial charge in [-0.3, -0.25) is 4.79 Å². The van der Waals surface area contributed by atoms with Crippen LogP contribution >= 0.6 is 0 Å². The maximum absolute atomic E-state index is 10.5. The lowest BCUT2D eigenvalue weighted by Gasteiger charge is -1.91. The number of aromatic nitrogens is 2. The summed E-state index contributed by atoms with van der Waals surface area (Å²) in [6.45, 7) is 0.0877. The Morgan fingerprint density at radius 2 is 2.43 bits per heavy atom. The van der Waals surface area contributed by atoms with E-state index in [4.69, 9.17) is 5.11 Å². The van der Waals surface area contributed by atoms with Crippen molar-refractivity contribution in [3.63, 3.8) is 0 Å². The Morgan fingerprint density at radius 1 is 1.57 bits per heavy atom. The Morgan fingerprint density at radius 3 is 3.14 bits per heavy atom. The molecule has 4 heteroatoms. The van der Waals surface area contributed by atoms with Crippen molar-refractivity contribution < 1.29 is 9.90 Å². The number of carbonyl (C=O) groups is 1. The first-order chi connectivity index (χ1) is 6.83. The van der Waals surface area contributed by atoms with E-state index in [-0.39, 0.29) is 6.61 Å². The quantitative estimate of drug-likeness (QED) is 0.724. The molecule has 2 heterocycles. The highest BCUT2D eigenvalue weighted by Gasteiger charge is 2.01. The van der Waals surface area contributed by atoms with Gasteiger partial charge in [0.05, 0.1) is 5.69 Å². The van der Waals surface area contributed by atoms with Crippen LogP contribution in [0.1, 0.15) is 16.1 Å². The minimum atomic E-state index is 0.0877. The molecule has 0 aliphatic carbocycles. The van der Waals surface area contributed by atoms with E-state index in [1.807, 2.05) is 10.6 Å². The average molecular weight is 190 g/mol. The number of rotatable bonds is 3. The second-order valence-corrected chi connectivity index (χ2v) is 3.05. The van der Waals surface area contributed by atoms with Crippen LogP contribution in [0.4, 0.5) is 0 Å². The van der Waals surface area contributed by atoms with E-state index in [9.17, 15) is 4.79 Å². The van der Waals surface area contributed by atoms with Crippen molar-refractivity contribution in [1.29, 1.82) is 0 Å². The number of fused-ring (bicyclic) bond motifs is 1. The van der Waals surface area contributed by atoms with Gasteiger partial charge >= 0.3 is 0 Å². The summed E-state index contributed by atoms with van der Waals surface area (Å²) >= 11 is 0. The highest BCUT2D eigenvalue weighted by Crippen LogP contribution is 2.07. The van der Waals surface area contributed by atoms with Gasteiger partial charge in [0.2, 0.25) is 0 Å². The normalized spacial score (nSPS) is 10.6. The molecular weight excluding hydrogens is 180 g/mol. The van der Waals surface area contributed by atoms with Crippen LogP contribution in [0.15, 0.2) is 24.5 Å². The highest BCUT2D eigenvalue weighted by atomic mass is 16.3. The van der Waals surface area contributed by atoms with Crippen molar-refractivity contribution in [3.8, 4) is 0 Å². The van der Waals surface area contributed by atoms with Gasteiger partial charge in [-0.05, 0) is 12.1 Å². The highest BCUT2D eigenvalue weighted by molar-refractivity contribution is 5.76. The van der Waals surface area contributed by atoms with E-state index in [0.29, 0.717) is 12.0 Å². The second-order valence-electron chi connectivity index (χ2n) is 3.05. The minimum absolute atomic E-state index is 0.0877. The summed E-state index contributed by atoms with van der Waals surface area (Å²) in [6.07, 6.45) is 4.96. The molecule has 0 aromatic carbocycles. The molecule has 2 aromatic rings. The van der Waals surface area contributed by atoms with Gasteiger partial charge in [-0.1, -0.05) is 0 Å². The predicted octanol–water partition coefficient (Wildman–Crippen LogP) is 0.682. The number of nitrogens with zero attached hydrogens (tertiary/aromatic N) is 2. The zero-order chi connectivity index (χ0) is 9.97. The van der Waals surface area contributed by atoms with E-state index in [2.05, 4.69) is 4.98 Å². The molecule has 0 radical (unpaired) electrons. The number of hydrogen-bond donors (Lipinski definition) is 1. The van der Waals surface area contributed by atoms with Gasteiger partial charge in [0.15, 0.2) is 0 Å². The zero-order valence-corrected chi connectivity index (χ0v) is 7.55. The van der Waals surface area contributed by atoms with Crippen molar-refractivity contribution in [2.75, 3.05) is 6.61 Å². The summed E-state index contributed by atoms with van der Waals surface area (Å²) in [6, 6.07) is 3.44. The van der Waals surface area contributed by atoms with E-state index >= 15 is 0 Å². The van der Waals surface area contributed by atoms with Crippen LogP contribution in [0, 0.1) is 0 Å². The van der Waals surface area contributed by atoms with Gasteiger partial charge in [0.1, 0.15) is 11.9 Å². The van der Waals surface area contributed by atoms with Gasteiger partial charge in [0, 0.05) is 31.0 Å². The van der Waals surface area contributed by atoms with Crippen LogP contribution in [0.5, 0.6) is 0 Å². The van der Waals surface area contributed by atoms with Crippen molar-refractivity contribution in [2.24, 2.45) is 0 Å². The Hall–Kier alpha value is -1.68. The first-order valence-corrected chi connectivity index (χ1v) is 4.37. The maximum Gasteiger partial charge on any atom is 0.150 e. The van der Waals surface area contributed by atoms with Gasteiger partial charge in [0.25, 0.3) is 0 Å². The topological polar surface area (TPSA) is 54.6 Å². The SMILES string of the molecule is O=Cc1ccn2cc(CCO)nc2c1. The number of hydrogen-bond acceptors (Lipinski definition) is 3. The Bertz CT molecular complexity index is 462. The fourth-order valence-corrected chi connectivity index (χ4v) is 1.36. The largest absolute Gasteiger partial charge is 0.396 e. The minimum Gasteiger partial charge on any atom is -0.396 e. The molecular formula is C10H10N2O2. The molecule has 0 amide bonds. The molecule has 4 nitrogen and oxygen atoms in total. The number of carbonyl (C=O) groups excluding carboxylic acids is 1. The predicted molar refractivity (Wildman–Crippen MR) is 51.4 cm³/mol. The monoisotopic (exact) mass is 190 g/mol. The Labute approximate surface area is 80.8 Å². The molecule has 0 saturated heterocycles. The summed E-state index contributed by atoms with van der Waals surface area (Å²) in [5.74, 6) is 0. The molecule has 2 aromatic heterocycles. The third kappa shape index (κ3) is 1.52. The molecule has 0 aliphatic heterocycles. The maximum atomic E-state index is 10.5. The van der Waals surface area contributed by atoms with Crippen molar-refractivity contribution in [3.05, 3.63) is 35.8 Å². The number of aldehydes is 1. The molecule has 0 spiro atoms. The van der Waals surface area contributed by atoms with Crippen LogP contribution in [0.3, 0.4) is 0 Å². The molecule has 0 fully saturated rings. The first-order valence-electron chi connectivity index (χ1n) is 4.37. The lowest BCUT2D eigenvalue weighted by molar-refractivity contribution is 0.112. The number of pyridine rings is 1. The van der Waals surface area contributed by atoms with E-state index in [0.717, 1.165) is 17.6 Å². The van der Waals surface area contributed by atoms with Crippen molar-refractivity contribution in [2.45, 2.75) is 6.42 Å². The fraction of sp³-hybridized carbons (Fsp3) is 0.200. The van der Waals surface area contributed by atoms with E-state index in [1.165, 1.54) is 0 Å². The third-order valence-electron chi connectivity index (χ3n) is 2.04. The summed E-state index contributed by atoms with van der Waals surface area (Å²) in [7, 11) is 0. The van der Waals surface area contributed by atoms with Crippen LogP contribution in [0.25, 0.3) is 5.65 Å². The molecule has 0 atom stereocenters. The molecule has 0 saturated carbocycles. The number of aliphatic hydroxyl groups is 1. The lowest BCUT2D eigenvalue weighted by Crippen LogP contribution is -1.89. The van der Waals surface area contributed by atoms with Gasteiger partial charge in [-0.15, -0.1) is 0 Å². The van der Waals surface area contributed by atoms with E-state index < -0.39 is 0 Å². The molecule has 2 rings (SSSR count). The van der Waals surface area contributed by atoms with Crippen LogP contribution < -0.4 is 0 Å². The lowest BCUT2D eigenvalue weighted by atomic mass is 10.3. The molecule has 0 aliphatic rings. The van der Waals surface area contributed by atoms with Crippen LogP contribution in [-0.2, 0) is 6.42 Å². The van der Waals surface area contributed by atoms with Crippen LogP contribution in [0.2, 0.25) is 0 Å². The van der Waals surface area contributed by atoms with Gasteiger partial charge < -0.3 is 9.51 Å². The fourth-order valence-electron chi connectivity index (χ4n) is 1.36. The third-order valence-corrected chi connectivity index (χ3v) is 2.04. The van der Waals surface area contributed by atoms with Gasteiger partial charge in [-0.25, -0.2) is 4.98 Å². The van der Waals surface area contributed by atoms with Gasteiger partial charge in [-0.2, -0.15) is 0 Å². The summed E-state index contributed by atoms with van der Waals surface area (Å²) in [4.78, 5) is 14.8. The molecule has 0 bridgehead atoms. The summed E-state index contributed by atoms with van der Waals surface area (Å²) < 4.78 is 1.83. The first kappa shape index (κ1) is 8.90. The van der Waals surface area contributed by atoms with Crippen LogP contribution in [-0.4, -0.2) is 27.4 Å². The summed E-state index contributed by atoms with van der Waals surface area (Å²) in [5.41, 5.74) is 2.17. The smallest absolute Gasteiger partial charge is 0.150 e. The number of imidazole rings is 1. The molecule has 0 unspecified atom stereocenters. The average Bonchev–Trinajstić information content (AvgIpc) is 2.59. The zero-order valence-electron chi connectivity index (χ0n) is 7.55. The van der Waals surface area contributed by atoms with Crippen molar-refractivity contribution >= 4 is 11.9 Å². The number of aliphatic hydroxyl groups excluding tert-OH is 1. The van der Waals surface area contributed by atoms with Crippen molar-refractivity contribution in [1.82, 2.24) is 9.38 Å². The Kier molecular flexibility index (Phi) is 2.28. The standard InChI is InChI=1S/C10H10N2O2/c13-4-2-9-6-12-3-1-8(7-14)5-10(12)11-9/h1,3,5-7,13H,2,4H2. The Balaban J connectivity index is 2.48.